The van der Waals surface area contributed by atoms with E-state index in [0.717, 1.165) is 31.6 Å². The van der Waals surface area contributed by atoms with Crippen LogP contribution in [-0.2, 0) is 11.3 Å². The average Bonchev–Trinajstić information content (AvgIpc) is 2.81. The second kappa shape index (κ2) is 8.60. The van der Waals surface area contributed by atoms with Gasteiger partial charge in [0.15, 0.2) is 0 Å². The Morgan fingerprint density at radius 3 is 2.68 bits per heavy atom. The number of halogens is 1. The fraction of sp³-hybridized carbons (Fsp3) is 0.467. The van der Waals surface area contributed by atoms with Crippen LogP contribution in [0, 0.1) is 0 Å². The number of hydrogen-bond acceptors (Lipinski definition) is 3. The van der Waals surface area contributed by atoms with E-state index in [0.29, 0.717) is 18.1 Å². The number of amides is 3. The minimum Gasteiger partial charge on any atom is -0.340 e. The van der Waals surface area contributed by atoms with Gasteiger partial charge in [0.25, 0.3) is 0 Å². The number of rotatable bonds is 4. The van der Waals surface area contributed by atoms with E-state index in [2.05, 4.69) is 16.0 Å². The molecular formula is C15H21ClN4O2. The van der Waals surface area contributed by atoms with E-state index in [1.54, 1.807) is 17.0 Å². The third kappa shape index (κ3) is 5.54. The summed E-state index contributed by atoms with van der Waals surface area (Å²) < 4.78 is 0. The van der Waals surface area contributed by atoms with E-state index in [1.165, 1.54) is 0 Å². The maximum Gasteiger partial charge on any atom is 0.315 e. The van der Waals surface area contributed by atoms with Gasteiger partial charge >= 0.3 is 6.03 Å². The highest BCUT2D eigenvalue weighted by Gasteiger charge is 2.15. The third-order valence-corrected chi connectivity index (χ3v) is 3.71. The summed E-state index contributed by atoms with van der Waals surface area (Å²) in [5.74, 6) is -0.0506. The highest BCUT2D eigenvalue weighted by molar-refractivity contribution is 6.30. The van der Waals surface area contributed by atoms with E-state index < -0.39 is 0 Å². The maximum absolute atomic E-state index is 12.0. The Hall–Kier alpha value is -1.79. The molecule has 1 aromatic carbocycles. The van der Waals surface area contributed by atoms with Gasteiger partial charge in [-0.05, 0) is 30.7 Å². The number of nitrogens with zero attached hydrogens (tertiary/aromatic N) is 1. The van der Waals surface area contributed by atoms with Crippen LogP contribution in [0.2, 0.25) is 5.02 Å². The summed E-state index contributed by atoms with van der Waals surface area (Å²) in [7, 11) is 0. The first-order chi connectivity index (χ1) is 10.6. The van der Waals surface area contributed by atoms with Gasteiger partial charge in [0, 0.05) is 31.2 Å². The van der Waals surface area contributed by atoms with Crippen molar-refractivity contribution in [3.8, 4) is 0 Å². The molecule has 6 nitrogen and oxygen atoms in total. The fourth-order valence-electron chi connectivity index (χ4n) is 2.21. The second-order valence-electron chi connectivity index (χ2n) is 5.15. The summed E-state index contributed by atoms with van der Waals surface area (Å²) in [4.78, 5) is 25.5. The van der Waals surface area contributed by atoms with Crippen LogP contribution >= 0.6 is 11.6 Å². The van der Waals surface area contributed by atoms with E-state index in [1.807, 2.05) is 12.1 Å². The van der Waals surface area contributed by atoms with Gasteiger partial charge in [-0.3, -0.25) is 4.79 Å². The van der Waals surface area contributed by atoms with Gasteiger partial charge < -0.3 is 20.9 Å². The zero-order valence-corrected chi connectivity index (χ0v) is 13.2. The Morgan fingerprint density at radius 1 is 1.14 bits per heavy atom. The van der Waals surface area contributed by atoms with E-state index in [-0.39, 0.29) is 18.5 Å². The van der Waals surface area contributed by atoms with Crippen molar-refractivity contribution < 1.29 is 9.59 Å². The molecule has 0 aromatic heterocycles. The van der Waals surface area contributed by atoms with Crippen LogP contribution in [0.4, 0.5) is 4.79 Å². The molecule has 1 heterocycles. The fourth-order valence-corrected chi connectivity index (χ4v) is 2.34. The normalized spacial score (nSPS) is 15.0. The first-order valence-corrected chi connectivity index (χ1v) is 7.77. The Labute approximate surface area is 135 Å². The standard InChI is InChI=1S/C15H21ClN4O2/c16-13-4-2-12(3-5-13)10-18-15(22)19-11-14(21)20-8-1-6-17-7-9-20/h2-5,17H,1,6-11H2,(H2,18,19,22). The van der Waals surface area contributed by atoms with Gasteiger partial charge in [-0.2, -0.15) is 0 Å². The van der Waals surface area contributed by atoms with Crippen LogP contribution in [0.1, 0.15) is 12.0 Å². The Bertz CT molecular complexity index is 499. The molecule has 7 heteroatoms. The summed E-state index contributed by atoms with van der Waals surface area (Å²) in [5, 5.41) is 9.20. The second-order valence-corrected chi connectivity index (χ2v) is 5.58. The number of carbonyl (C=O) groups is 2. The molecule has 0 bridgehead atoms. The molecule has 1 saturated heterocycles. The third-order valence-electron chi connectivity index (χ3n) is 3.46. The molecule has 0 spiro atoms. The molecule has 0 radical (unpaired) electrons. The molecule has 1 aliphatic rings. The minimum absolute atomic E-state index is 0.0203. The SMILES string of the molecule is O=C(NCC(=O)N1CCCNCC1)NCc1ccc(Cl)cc1. The van der Waals surface area contributed by atoms with Crippen molar-refractivity contribution in [1.29, 1.82) is 0 Å². The molecule has 2 rings (SSSR count). The molecule has 1 aromatic rings. The molecule has 0 unspecified atom stereocenters. The van der Waals surface area contributed by atoms with Crippen molar-refractivity contribution >= 4 is 23.5 Å². The molecule has 1 fully saturated rings. The molecule has 0 aliphatic carbocycles. The molecule has 0 atom stereocenters. The van der Waals surface area contributed by atoms with Crippen molar-refractivity contribution in [2.75, 3.05) is 32.7 Å². The van der Waals surface area contributed by atoms with Gasteiger partial charge in [-0.1, -0.05) is 23.7 Å². The van der Waals surface area contributed by atoms with Crippen molar-refractivity contribution in [2.24, 2.45) is 0 Å². The molecule has 0 saturated carbocycles. The van der Waals surface area contributed by atoms with Crippen LogP contribution in [0.3, 0.4) is 0 Å². The first-order valence-electron chi connectivity index (χ1n) is 7.40. The van der Waals surface area contributed by atoms with Gasteiger partial charge in [0.05, 0.1) is 6.54 Å². The lowest BCUT2D eigenvalue weighted by atomic mass is 10.2. The minimum atomic E-state index is -0.351. The summed E-state index contributed by atoms with van der Waals surface area (Å²) in [6.45, 7) is 3.57. The first kappa shape index (κ1) is 16.6. The zero-order chi connectivity index (χ0) is 15.8. The van der Waals surface area contributed by atoms with Crippen molar-refractivity contribution in [3.63, 3.8) is 0 Å². The summed E-state index contributed by atoms with van der Waals surface area (Å²) >= 11 is 5.80. The number of urea groups is 1. The van der Waals surface area contributed by atoms with Gasteiger partial charge in [0.1, 0.15) is 0 Å². The van der Waals surface area contributed by atoms with Crippen LogP contribution in [0.5, 0.6) is 0 Å². The summed E-state index contributed by atoms with van der Waals surface area (Å²) in [6, 6.07) is 6.88. The predicted molar refractivity (Wildman–Crippen MR) is 85.8 cm³/mol. The van der Waals surface area contributed by atoms with Gasteiger partial charge in [0.2, 0.25) is 5.91 Å². The zero-order valence-electron chi connectivity index (χ0n) is 12.4. The lowest BCUT2D eigenvalue weighted by Crippen LogP contribution is -2.44. The summed E-state index contributed by atoms with van der Waals surface area (Å²) in [5.41, 5.74) is 0.949. The highest BCUT2D eigenvalue weighted by atomic mass is 35.5. The maximum atomic E-state index is 12.0. The largest absolute Gasteiger partial charge is 0.340 e. The summed E-state index contributed by atoms with van der Waals surface area (Å²) in [6.07, 6.45) is 0.939. The predicted octanol–water partition coefficient (Wildman–Crippen LogP) is 0.961. The van der Waals surface area contributed by atoms with Crippen molar-refractivity contribution in [1.82, 2.24) is 20.9 Å². The lowest BCUT2D eigenvalue weighted by Gasteiger charge is -2.20. The quantitative estimate of drug-likeness (QED) is 0.772. The monoisotopic (exact) mass is 324 g/mol. The van der Waals surface area contributed by atoms with Crippen LogP contribution in [0.15, 0.2) is 24.3 Å². The van der Waals surface area contributed by atoms with Crippen LogP contribution in [-0.4, -0.2) is 49.6 Å². The molecular weight excluding hydrogens is 304 g/mol. The highest BCUT2D eigenvalue weighted by Crippen LogP contribution is 2.08. The smallest absolute Gasteiger partial charge is 0.315 e. The van der Waals surface area contributed by atoms with E-state index >= 15 is 0 Å². The lowest BCUT2D eigenvalue weighted by molar-refractivity contribution is -0.129. The molecule has 22 heavy (non-hydrogen) atoms. The molecule has 3 amide bonds. The number of nitrogens with one attached hydrogen (secondary N) is 3. The average molecular weight is 325 g/mol. The molecule has 120 valence electrons. The number of carbonyl (C=O) groups excluding carboxylic acids is 2. The Morgan fingerprint density at radius 2 is 1.91 bits per heavy atom. The number of benzene rings is 1. The van der Waals surface area contributed by atoms with Crippen LogP contribution < -0.4 is 16.0 Å². The van der Waals surface area contributed by atoms with E-state index in [4.69, 9.17) is 11.6 Å². The van der Waals surface area contributed by atoms with Gasteiger partial charge in [-0.15, -0.1) is 0 Å². The topological polar surface area (TPSA) is 73.5 Å². The van der Waals surface area contributed by atoms with Crippen molar-refractivity contribution in [2.45, 2.75) is 13.0 Å². The molecule has 3 N–H and O–H groups in total. The Kier molecular flexibility index (Phi) is 6.48. The Balaban J connectivity index is 1.68. The van der Waals surface area contributed by atoms with Crippen molar-refractivity contribution in [3.05, 3.63) is 34.9 Å². The number of hydrogen-bond donors (Lipinski definition) is 3. The molecule has 1 aliphatic heterocycles. The van der Waals surface area contributed by atoms with E-state index in [9.17, 15) is 9.59 Å². The van der Waals surface area contributed by atoms with Gasteiger partial charge in [-0.25, -0.2) is 4.79 Å². The van der Waals surface area contributed by atoms with Crippen LogP contribution in [0.25, 0.3) is 0 Å².